The molecule has 1 aromatic heterocycles. The summed E-state index contributed by atoms with van der Waals surface area (Å²) < 4.78 is 44.1. The normalized spacial score (nSPS) is 16.7. The van der Waals surface area contributed by atoms with E-state index in [-0.39, 0.29) is 22.7 Å². The van der Waals surface area contributed by atoms with Crippen molar-refractivity contribution in [3.05, 3.63) is 70.7 Å². The van der Waals surface area contributed by atoms with Crippen LogP contribution in [0.25, 0.3) is 0 Å². The molecule has 0 spiro atoms. The van der Waals surface area contributed by atoms with Gasteiger partial charge in [0.15, 0.2) is 0 Å². The summed E-state index contributed by atoms with van der Waals surface area (Å²) in [7, 11) is 1.12. The number of pyridine rings is 1. The van der Waals surface area contributed by atoms with Crippen LogP contribution in [-0.4, -0.2) is 35.2 Å². The van der Waals surface area contributed by atoms with E-state index in [9.17, 15) is 27.6 Å². The molecule has 31 heavy (non-hydrogen) atoms. The number of urea groups is 1. The van der Waals surface area contributed by atoms with Crippen molar-refractivity contribution in [1.82, 2.24) is 10.3 Å². The van der Waals surface area contributed by atoms with Crippen LogP contribution in [0.4, 0.5) is 23.7 Å². The Morgan fingerprint density at radius 2 is 1.94 bits per heavy atom. The highest BCUT2D eigenvalue weighted by Gasteiger charge is 2.38. The van der Waals surface area contributed by atoms with Gasteiger partial charge in [-0.1, -0.05) is 12.1 Å². The molecule has 2 amide bonds. The number of ether oxygens (including phenoxy) is 1. The Morgan fingerprint density at radius 3 is 2.48 bits per heavy atom. The fourth-order valence-electron chi connectivity index (χ4n) is 3.20. The number of nitrogens with one attached hydrogen (secondary N) is 1. The molecule has 1 atom stereocenters. The van der Waals surface area contributed by atoms with Gasteiger partial charge in [-0.3, -0.25) is 4.90 Å². The van der Waals surface area contributed by atoms with Crippen LogP contribution in [0, 0.1) is 0 Å². The number of hydrogen-bond donors (Lipinski definition) is 2. The molecule has 8 nitrogen and oxygen atoms in total. The lowest BCUT2D eigenvalue weighted by molar-refractivity contribution is -0.138. The highest BCUT2D eigenvalue weighted by atomic mass is 19.4. The zero-order valence-electron chi connectivity index (χ0n) is 16.2. The largest absolute Gasteiger partial charge is 0.477 e. The van der Waals surface area contributed by atoms with Crippen LogP contribution in [0.15, 0.2) is 53.9 Å². The molecule has 162 valence electrons. The average Bonchev–Trinajstić information content (AvgIpc) is 2.72. The molecule has 2 heterocycles. The van der Waals surface area contributed by atoms with E-state index in [2.05, 4.69) is 10.3 Å². The number of carboxylic acid groups (broad SMARTS) is 1. The van der Waals surface area contributed by atoms with Crippen LogP contribution in [0.1, 0.15) is 34.6 Å². The lowest BCUT2D eigenvalue weighted by Crippen LogP contribution is -2.48. The number of esters is 1. The fourth-order valence-corrected chi connectivity index (χ4v) is 3.20. The van der Waals surface area contributed by atoms with Crippen molar-refractivity contribution in [1.29, 1.82) is 0 Å². The van der Waals surface area contributed by atoms with Crippen LogP contribution >= 0.6 is 0 Å². The van der Waals surface area contributed by atoms with Gasteiger partial charge in [0.25, 0.3) is 0 Å². The summed E-state index contributed by atoms with van der Waals surface area (Å²) >= 11 is 0. The number of benzene rings is 1. The van der Waals surface area contributed by atoms with Crippen LogP contribution in [0.3, 0.4) is 0 Å². The number of halogens is 3. The number of methoxy groups -OCH3 is 1. The maximum atomic E-state index is 13.1. The Morgan fingerprint density at radius 1 is 1.23 bits per heavy atom. The molecule has 0 radical (unpaired) electrons. The molecule has 11 heteroatoms. The van der Waals surface area contributed by atoms with E-state index >= 15 is 0 Å². The summed E-state index contributed by atoms with van der Waals surface area (Å²) in [4.78, 5) is 41.0. The Kier molecular flexibility index (Phi) is 5.69. The number of anilines is 1. The van der Waals surface area contributed by atoms with Crippen molar-refractivity contribution in [3.63, 3.8) is 0 Å². The predicted octanol–water partition coefficient (Wildman–Crippen LogP) is 3.52. The summed E-state index contributed by atoms with van der Waals surface area (Å²) in [6.07, 6.45) is -3.43. The number of alkyl halides is 3. The number of hydrogen-bond acceptors (Lipinski definition) is 5. The van der Waals surface area contributed by atoms with Crippen molar-refractivity contribution in [3.8, 4) is 0 Å². The molecular weight excluding hydrogens is 419 g/mol. The number of aromatic nitrogens is 1. The first-order chi connectivity index (χ1) is 14.5. The molecule has 1 aliphatic heterocycles. The second-order valence-electron chi connectivity index (χ2n) is 6.54. The molecular formula is C20H16F3N3O5. The zero-order valence-corrected chi connectivity index (χ0v) is 16.2. The van der Waals surface area contributed by atoms with E-state index in [1.807, 2.05) is 0 Å². The summed E-state index contributed by atoms with van der Waals surface area (Å²) in [5.41, 5.74) is -0.977. The molecule has 0 bridgehead atoms. The average molecular weight is 435 g/mol. The predicted molar refractivity (Wildman–Crippen MR) is 101 cm³/mol. The monoisotopic (exact) mass is 435 g/mol. The van der Waals surface area contributed by atoms with Gasteiger partial charge >= 0.3 is 24.1 Å². The number of amides is 2. The minimum absolute atomic E-state index is 0.0376. The van der Waals surface area contributed by atoms with Gasteiger partial charge < -0.3 is 15.2 Å². The van der Waals surface area contributed by atoms with Gasteiger partial charge in [0.2, 0.25) is 0 Å². The minimum atomic E-state index is -4.62. The molecule has 3 rings (SSSR count). The van der Waals surface area contributed by atoms with Crippen molar-refractivity contribution in [2.75, 3.05) is 12.0 Å². The summed E-state index contributed by atoms with van der Waals surface area (Å²) in [6.45, 7) is 1.40. The first-order valence-corrected chi connectivity index (χ1v) is 8.80. The molecule has 2 N–H and O–H groups in total. The summed E-state index contributed by atoms with van der Waals surface area (Å²) in [5.74, 6) is -2.07. The Balaban J connectivity index is 2.11. The number of carboxylic acids is 1. The molecule has 0 unspecified atom stereocenters. The molecule has 2 aromatic rings. The second kappa shape index (κ2) is 8.09. The van der Waals surface area contributed by atoms with Gasteiger partial charge in [-0.05, 0) is 36.8 Å². The quantitative estimate of drug-likeness (QED) is 0.712. The van der Waals surface area contributed by atoms with Gasteiger partial charge in [0.05, 0.1) is 30.0 Å². The third-order valence-corrected chi connectivity index (χ3v) is 4.66. The topological polar surface area (TPSA) is 109 Å². The lowest BCUT2D eigenvalue weighted by atomic mass is 9.95. The maximum absolute atomic E-state index is 13.1. The number of carbonyl (C=O) groups excluding carboxylic acids is 2. The smallest absolute Gasteiger partial charge is 0.416 e. The number of carbonyl (C=O) groups is 3. The van der Waals surface area contributed by atoms with Crippen LogP contribution in [0.5, 0.6) is 0 Å². The van der Waals surface area contributed by atoms with E-state index in [4.69, 9.17) is 9.84 Å². The molecule has 0 saturated heterocycles. The van der Waals surface area contributed by atoms with Gasteiger partial charge in [0, 0.05) is 11.9 Å². The first kappa shape index (κ1) is 21.8. The van der Waals surface area contributed by atoms with Crippen molar-refractivity contribution in [2.45, 2.75) is 19.1 Å². The van der Waals surface area contributed by atoms with Gasteiger partial charge in [0.1, 0.15) is 5.69 Å². The fraction of sp³-hybridized carbons (Fsp3) is 0.200. The number of rotatable bonds is 4. The third kappa shape index (κ3) is 4.20. The van der Waals surface area contributed by atoms with Crippen molar-refractivity contribution < 1.29 is 37.4 Å². The highest BCUT2D eigenvalue weighted by molar-refractivity contribution is 6.03. The first-order valence-electron chi connectivity index (χ1n) is 8.80. The van der Waals surface area contributed by atoms with Crippen LogP contribution in [-0.2, 0) is 15.7 Å². The van der Waals surface area contributed by atoms with Gasteiger partial charge in [-0.25, -0.2) is 19.4 Å². The van der Waals surface area contributed by atoms with Crippen LogP contribution in [0.2, 0.25) is 0 Å². The molecule has 0 aliphatic carbocycles. The van der Waals surface area contributed by atoms with Gasteiger partial charge in [-0.15, -0.1) is 0 Å². The lowest BCUT2D eigenvalue weighted by Gasteiger charge is -2.35. The third-order valence-electron chi connectivity index (χ3n) is 4.66. The van der Waals surface area contributed by atoms with E-state index in [0.29, 0.717) is 5.56 Å². The molecule has 1 aromatic carbocycles. The summed E-state index contributed by atoms with van der Waals surface area (Å²) in [5, 5.41) is 11.5. The number of allylic oxidation sites excluding steroid dienone is 1. The van der Waals surface area contributed by atoms with Crippen molar-refractivity contribution >= 4 is 23.7 Å². The SMILES string of the molecule is COC(=O)C1=C(C)N(c2cccc(C(F)(F)F)c2)C(=O)N[C@@H]1c1ccc(C(=O)O)nc1. The van der Waals surface area contributed by atoms with Gasteiger partial charge in [-0.2, -0.15) is 13.2 Å². The Bertz CT molecular complexity index is 1080. The molecule has 0 fully saturated rings. The van der Waals surface area contributed by atoms with Crippen LogP contribution < -0.4 is 10.2 Å². The summed E-state index contributed by atoms with van der Waals surface area (Å²) in [6, 6.07) is 4.86. The molecule has 1 aliphatic rings. The zero-order chi connectivity index (χ0) is 22.9. The Labute approximate surface area is 173 Å². The van der Waals surface area contributed by atoms with Crippen molar-refractivity contribution in [2.24, 2.45) is 0 Å². The molecule has 0 saturated carbocycles. The van der Waals surface area contributed by atoms with E-state index in [0.717, 1.165) is 30.2 Å². The van der Waals surface area contributed by atoms with E-state index < -0.39 is 35.8 Å². The highest BCUT2D eigenvalue weighted by Crippen LogP contribution is 2.36. The minimum Gasteiger partial charge on any atom is -0.477 e. The standard InChI is InChI=1S/C20H16F3N3O5/c1-10-15(18(29)31-2)16(11-6-7-14(17(27)28)24-9-11)25-19(30)26(10)13-5-3-4-12(8-13)20(21,22)23/h3-9,16H,1-2H3,(H,25,30)(H,27,28)/t16-/m1/s1. The second-order valence-corrected chi connectivity index (χ2v) is 6.54. The number of nitrogens with zero attached hydrogens (tertiary/aromatic N) is 2. The number of aromatic carboxylic acids is 1. The van der Waals surface area contributed by atoms with E-state index in [1.54, 1.807) is 0 Å². The van der Waals surface area contributed by atoms with E-state index in [1.165, 1.54) is 31.3 Å². The Hall–Kier alpha value is -3.89. The maximum Gasteiger partial charge on any atom is 0.416 e.